The van der Waals surface area contributed by atoms with Gasteiger partial charge in [0.05, 0.1) is 18.7 Å². The van der Waals surface area contributed by atoms with Gasteiger partial charge in [0, 0.05) is 31.6 Å². The van der Waals surface area contributed by atoms with Gasteiger partial charge in [0.15, 0.2) is 5.66 Å². The molecule has 12 nitrogen and oxygen atoms in total. The van der Waals surface area contributed by atoms with E-state index < -0.39 is 40.7 Å². The number of amides is 2. The fraction of sp³-hybridized carbons (Fsp3) is 0.704. The number of nitrogens with two attached hydrogens (primary N) is 1. The lowest BCUT2D eigenvalue weighted by Gasteiger charge is -2.28. The highest BCUT2D eigenvalue weighted by molar-refractivity contribution is 8.14. The molecular formula is C27H44N4O8S. The van der Waals surface area contributed by atoms with Crippen molar-refractivity contribution in [3.63, 3.8) is 0 Å². The number of thioether (sulfide) groups is 1. The monoisotopic (exact) mass is 584 g/mol. The topological polar surface area (TPSA) is 164 Å². The van der Waals surface area contributed by atoms with Gasteiger partial charge in [0.1, 0.15) is 22.2 Å². The lowest BCUT2D eigenvalue weighted by Crippen LogP contribution is -2.54. The van der Waals surface area contributed by atoms with Crippen LogP contribution in [-0.2, 0) is 19.0 Å². The van der Waals surface area contributed by atoms with Gasteiger partial charge in [-0.1, -0.05) is 13.3 Å². The maximum Gasteiger partial charge on any atom is 0.407 e. The molecule has 4 N–H and O–H groups in total. The third-order valence-electron chi connectivity index (χ3n) is 5.60. The third-order valence-corrected chi connectivity index (χ3v) is 6.92. The SMILES string of the molecule is CCC[C@@H](NC(=O)[C@]1(N)CSC(C(C)(OCC)OCC)=N1)c1cc(OCCCNC(=O)OC(C)(C)C)cc(=O)o1. The van der Waals surface area contributed by atoms with Gasteiger partial charge in [0.25, 0.3) is 5.91 Å². The minimum atomic E-state index is -1.54. The summed E-state index contributed by atoms with van der Waals surface area (Å²) in [5.41, 5.74) is 3.69. The molecule has 0 spiro atoms. The van der Waals surface area contributed by atoms with Crippen LogP contribution >= 0.6 is 11.8 Å². The minimum Gasteiger partial charge on any atom is -0.493 e. The number of rotatable bonds is 15. The van der Waals surface area contributed by atoms with E-state index in [0.29, 0.717) is 49.8 Å². The first-order valence-corrected chi connectivity index (χ1v) is 14.6. The minimum absolute atomic E-state index is 0.202. The Balaban J connectivity index is 2.07. The Morgan fingerprint density at radius 1 is 1.18 bits per heavy atom. The summed E-state index contributed by atoms with van der Waals surface area (Å²) in [6, 6.07) is 2.18. The quantitative estimate of drug-likeness (QED) is 0.205. The molecule has 13 heteroatoms. The van der Waals surface area contributed by atoms with E-state index in [1.54, 1.807) is 33.8 Å². The van der Waals surface area contributed by atoms with Crippen LogP contribution in [0.3, 0.4) is 0 Å². The number of ether oxygens (including phenoxy) is 4. The molecule has 1 aliphatic rings. The molecule has 2 rings (SSSR count). The van der Waals surface area contributed by atoms with Gasteiger partial charge in [0.2, 0.25) is 5.79 Å². The molecule has 0 aliphatic carbocycles. The van der Waals surface area contributed by atoms with Crippen LogP contribution in [-0.4, -0.2) is 66.2 Å². The van der Waals surface area contributed by atoms with Crippen LogP contribution in [0.2, 0.25) is 0 Å². The molecule has 2 atom stereocenters. The predicted molar refractivity (Wildman–Crippen MR) is 154 cm³/mol. The number of nitrogens with one attached hydrogen (secondary N) is 2. The molecule has 226 valence electrons. The highest BCUT2D eigenvalue weighted by Crippen LogP contribution is 2.33. The van der Waals surface area contributed by atoms with E-state index in [-0.39, 0.29) is 18.1 Å². The van der Waals surface area contributed by atoms with Gasteiger partial charge in [-0.3, -0.25) is 10.5 Å². The second-order valence-electron chi connectivity index (χ2n) is 10.4. The van der Waals surface area contributed by atoms with Crippen molar-refractivity contribution >= 4 is 28.8 Å². The highest BCUT2D eigenvalue weighted by atomic mass is 32.2. The molecule has 1 aromatic heterocycles. The Labute approximate surface area is 240 Å². The van der Waals surface area contributed by atoms with Crippen LogP contribution in [0.4, 0.5) is 4.79 Å². The average molecular weight is 585 g/mol. The fourth-order valence-corrected chi connectivity index (χ4v) is 5.00. The van der Waals surface area contributed by atoms with Gasteiger partial charge in [-0.2, -0.15) is 0 Å². The maximum atomic E-state index is 13.3. The van der Waals surface area contributed by atoms with Crippen LogP contribution in [0.15, 0.2) is 26.3 Å². The number of carbonyl (C=O) groups is 2. The first-order valence-electron chi connectivity index (χ1n) is 13.6. The Hall–Kier alpha value is -2.61. The number of carbonyl (C=O) groups excluding carboxylic acids is 2. The standard InChI is InChI=1S/C27H44N4O8S/c1-8-12-19(30-22(33)27(28)17-40-23(31-27)26(7,36-9-2)37-10-3)20-15-18(16-21(32)38-20)35-14-11-13-29-24(34)39-25(4,5)6/h15-16,19H,8-14,17,28H2,1-7H3,(H,29,34)(H,30,33)/t19-,27+/m1/s1. The fourth-order valence-electron chi connectivity index (χ4n) is 3.84. The maximum absolute atomic E-state index is 13.3. The summed E-state index contributed by atoms with van der Waals surface area (Å²) in [7, 11) is 0. The third kappa shape index (κ3) is 10.1. The van der Waals surface area contributed by atoms with E-state index in [2.05, 4.69) is 15.6 Å². The summed E-state index contributed by atoms with van der Waals surface area (Å²) in [4.78, 5) is 41.9. The Morgan fingerprint density at radius 3 is 2.45 bits per heavy atom. The number of nitrogens with zero attached hydrogens (tertiary/aromatic N) is 1. The molecule has 2 heterocycles. The molecule has 0 unspecified atom stereocenters. The smallest absolute Gasteiger partial charge is 0.407 e. The van der Waals surface area contributed by atoms with Crippen molar-refractivity contribution in [3.8, 4) is 5.75 Å². The van der Waals surface area contributed by atoms with E-state index in [0.717, 1.165) is 0 Å². The van der Waals surface area contributed by atoms with Gasteiger partial charge in [-0.15, -0.1) is 11.8 Å². The molecule has 0 fully saturated rings. The second-order valence-corrected chi connectivity index (χ2v) is 11.4. The van der Waals surface area contributed by atoms with Crippen molar-refractivity contribution in [3.05, 3.63) is 28.3 Å². The molecule has 0 saturated carbocycles. The summed E-state index contributed by atoms with van der Waals surface area (Å²) >= 11 is 1.31. The predicted octanol–water partition coefficient (Wildman–Crippen LogP) is 3.48. The summed E-state index contributed by atoms with van der Waals surface area (Å²) in [5, 5.41) is 6.04. The van der Waals surface area contributed by atoms with E-state index >= 15 is 0 Å². The van der Waals surface area contributed by atoms with Crippen molar-refractivity contribution in [2.75, 3.05) is 32.1 Å². The summed E-state index contributed by atoms with van der Waals surface area (Å²) < 4.78 is 27.9. The molecular weight excluding hydrogens is 540 g/mol. The Morgan fingerprint density at radius 2 is 1.85 bits per heavy atom. The Bertz CT molecular complexity index is 1080. The van der Waals surface area contributed by atoms with Gasteiger partial charge < -0.3 is 34.0 Å². The average Bonchev–Trinajstić information content (AvgIpc) is 3.26. The Kier molecular flexibility index (Phi) is 12.5. The van der Waals surface area contributed by atoms with Gasteiger partial charge >= 0.3 is 11.7 Å². The molecule has 0 bridgehead atoms. The van der Waals surface area contributed by atoms with Gasteiger partial charge in [-0.05, 0) is 54.4 Å². The molecule has 2 amide bonds. The lowest BCUT2D eigenvalue weighted by atomic mass is 10.1. The van der Waals surface area contributed by atoms with Crippen LogP contribution in [0, 0.1) is 0 Å². The van der Waals surface area contributed by atoms with Crippen LogP contribution in [0.1, 0.15) is 79.5 Å². The molecule has 1 aliphatic heterocycles. The highest BCUT2D eigenvalue weighted by Gasteiger charge is 2.46. The normalized spacial score (nSPS) is 18.1. The van der Waals surface area contributed by atoms with Crippen molar-refractivity contribution in [1.29, 1.82) is 0 Å². The van der Waals surface area contributed by atoms with E-state index in [1.165, 1.54) is 17.8 Å². The first kappa shape index (κ1) is 33.6. The van der Waals surface area contributed by atoms with Crippen LogP contribution < -0.4 is 26.7 Å². The van der Waals surface area contributed by atoms with Crippen molar-refractivity contribution in [1.82, 2.24) is 10.6 Å². The van der Waals surface area contributed by atoms with E-state index in [1.807, 2.05) is 20.8 Å². The zero-order valence-electron chi connectivity index (χ0n) is 24.6. The molecule has 0 saturated heterocycles. The van der Waals surface area contributed by atoms with E-state index in [4.69, 9.17) is 29.1 Å². The molecule has 0 aromatic carbocycles. The van der Waals surface area contributed by atoms with E-state index in [9.17, 15) is 14.4 Å². The summed E-state index contributed by atoms with van der Waals surface area (Å²) in [6.07, 6.45) is 1.17. The van der Waals surface area contributed by atoms with Crippen molar-refractivity contribution < 1.29 is 33.0 Å². The number of alkyl carbamates (subject to hydrolysis) is 1. The molecule has 1 aromatic rings. The molecule has 40 heavy (non-hydrogen) atoms. The van der Waals surface area contributed by atoms with Crippen LogP contribution in [0.25, 0.3) is 0 Å². The summed E-state index contributed by atoms with van der Waals surface area (Å²) in [5.74, 6) is -0.864. The summed E-state index contributed by atoms with van der Waals surface area (Å²) in [6.45, 7) is 14.1. The molecule has 0 radical (unpaired) electrons. The largest absolute Gasteiger partial charge is 0.493 e. The zero-order valence-corrected chi connectivity index (χ0v) is 25.4. The first-order chi connectivity index (χ1) is 18.7. The van der Waals surface area contributed by atoms with Crippen molar-refractivity contribution in [2.24, 2.45) is 10.7 Å². The van der Waals surface area contributed by atoms with Gasteiger partial charge in [-0.25, -0.2) is 14.6 Å². The number of aliphatic imine (C=N–C) groups is 1. The number of hydrogen-bond donors (Lipinski definition) is 3. The number of hydrogen-bond acceptors (Lipinski definition) is 11. The zero-order chi connectivity index (χ0) is 30.0. The van der Waals surface area contributed by atoms with Crippen LogP contribution in [0.5, 0.6) is 5.75 Å². The van der Waals surface area contributed by atoms with Crippen molar-refractivity contribution in [2.45, 2.75) is 90.8 Å². The second kappa shape index (κ2) is 14.9. The lowest BCUT2D eigenvalue weighted by molar-refractivity contribution is -0.169.